The molecule has 1 atom stereocenters. The van der Waals surface area contributed by atoms with Crippen LogP contribution in [0.4, 0.5) is 13.2 Å². The monoisotopic (exact) mass is 485 g/mol. The van der Waals surface area contributed by atoms with Crippen LogP contribution in [0.2, 0.25) is 0 Å². The molecule has 1 rings (SSSR count). The number of aliphatic imine (C=N–C) groups is 1. The van der Waals surface area contributed by atoms with Crippen molar-refractivity contribution >= 4 is 6.72 Å². The van der Waals surface area contributed by atoms with E-state index in [9.17, 15) is 13.2 Å². The van der Waals surface area contributed by atoms with Gasteiger partial charge < -0.3 is 15.5 Å². The van der Waals surface area contributed by atoms with Crippen molar-refractivity contribution in [1.29, 1.82) is 0 Å². The average Bonchev–Trinajstić information content (AvgIpc) is 2.78. The first kappa shape index (κ1) is 30.6. The van der Waals surface area contributed by atoms with Gasteiger partial charge in [0.1, 0.15) is 0 Å². The molecular weight excluding hydrogens is 439 g/mol. The summed E-state index contributed by atoms with van der Waals surface area (Å²) in [6.07, 6.45) is -1.34. The second kappa shape index (κ2) is 13.0. The van der Waals surface area contributed by atoms with Gasteiger partial charge in [0, 0.05) is 43.8 Å². The summed E-state index contributed by atoms with van der Waals surface area (Å²) >= 11 is 0. The van der Waals surface area contributed by atoms with E-state index >= 15 is 0 Å². The summed E-state index contributed by atoms with van der Waals surface area (Å²) in [7, 11) is 0. The highest BCUT2D eigenvalue weighted by molar-refractivity contribution is 5.34. The largest absolute Gasteiger partial charge is 0.431 e. The highest BCUT2D eigenvalue weighted by atomic mass is 19.4. The third-order valence-electron chi connectivity index (χ3n) is 6.99. The molecule has 0 radical (unpaired) electrons. The molecule has 34 heavy (non-hydrogen) atoms. The molecule has 1 aromatic carbocycles. The minimum Gasteiger partial charge on any atom is -0.311 e. The Balaban J connectivity index is 2.62. The molecule has 0 aliphatic heterocycles. The maximum atomic E-state index is 13.3. The second-order valence-corrected chi connectivity index (χ2v) is 10.6. The van der Waals surface area contributed by atoms with Crippen LogP contribution in [-0.2, 0) is 12.2 Å². The van der Waals surface area contributed by atoms with Crippen molar-refractivity contribution in [2.75, 3.05) is 32.7 Å². The van der Waals surface area contributed by atoms with Gasteiger partial charge in [-0.25, -0.2) is 0 Å². The highest BCUT2D eigenvalue weighted by Crippen LogP contribution is 2.37. The van der Waals surface area contributed by atoms with Crippen LogP contribution in [-0.4, -0.2) is 56.1 Å². The molecule has 0 saturated carbocycles. The summed E-state index contributed by atoms with van der Waals surface area (Å²) in [5.74, 6) is 0. The quantitative estimate of drug-likeness (QED) is 0.226. The standard InChI is InChI=1S/C26H46F3N5/c1-8-23(3,4)14-17-34(19-16-33-24(5,6)9-2)18-15-32-20-21-10-12-22(13-11-21)25(30,31-7)26(27,28)29/h10-13,32-33H,7-9,14-20,30H2,1-6H3. The Hall–Kier alpha value is -1.48. The molecule has 0 aromatic heterocycles. The Morgan fingerprint density at radius 2 is 1.53 bits per heavy atom. The van der Waals surface area contributed by atoms with Crippen LogP contribution in [0, 0.1) is 5.41 Å². The van der Waals surface area contributed by atoms with E-state index in [4.69, 9.17) is 5.73 Å². The summed E-state index contributed by atoms with van der Waals surface area (Å²) in [6.45, 7) is 21.7. The van der Waals surface area contributed by atoms with Gasteiger partial charge >= 0.3 is 6.18 Å². The molecule has 0 spiro atoms. The van der Waals surface area contributed by atoms with Gasteiger partial charge in [-0.2, -0.15) is 13.2 Å². The van der Waals surface area contributed by atoms with E-state index in [0.29, 0.717) is 12.0 Å². The second-order valence-electron chi connectivity index (χ2n) is 10.6. The van der Waals surface area contributed by atoms with Crippen LogP contribution in [0.1, 0.15) is 71.9 Å². The fraction of sp³-hybridized carbons (Fsp3) is 0.731. The zero-order chi connectivity index (χ0) is 26.0. The lowest BCUT2D eigenvalue weighted by molar-refractivity contribution is -0.186. The van der Waals surface area contributed by atoms with Crippen molar-refractivity contribution in [2.45, 2.75) is 84.7 Å². The van der Waals surface area contributed by atoms with Gasteiger partial charge in [-0.05, 0) is 50.9 Å². The molecule has 0 saturated heterocycles. The number of nitrogens with two attached hydrogens (primary N) is 1. The summed E-state index contributed by atoms with van der Waals surface area (Å²) in [6, 6.07) is 6.05. The lowest BCUT2D eigenvalue weighted by atomic mass is 9.86. The summed E-state index contributed by atoms with van der Waals surface area (Å²) in [4.78, 5) is 5.63. The van der Waals surface area contributed by atoms with Crippen molar-refractivity contribution in [3.05, 3.63) is 35.4 Å². The fourth-order valence-electron chi connectivity index (χ4n) is 3.34. The fourth-order valence-corrected chi connectivity index (χ4v) is 3.34. The van der Waals surface area contributed by atoms with Gasteiger partial charge in [-0.1, -0.05) is 58.4 Å². The van der Waals surface area contributed by atoms with Crippen LogP contribution < -0.4 is 16.4 Å². The number of alkyl halides is 3. The van der Waals surface area contributed by atoms with Crippen LogP contribution in [0.5, 0.6) is 0 Å². The maximum Gasteiger partial charge on any atom is 0.431 e. The molecule has 0 aliphatic rings. The van der Waals surface area contributed by atoms with E-state index in [0.717, 1.165) is 57.5 Å². The van der Waals surface area contributed by atoms with Crippen molar-refractivity contribution < 1.29 is 13.2 Å². The summed E-state index contributed by atoms with van der Waals surface area (Å²) in [5, 5.41) is 7.05. The minimum atomic E-state index is -4.70. The van der Waals surface area contributed by atoms with Crippen molar-refractivity contribution in [3.8, 4) is 0 Å². The van der Waals surface area contributed by atoms with E-state index in [1.54, 1.807) is 12.1 Å². The molecule has 8 heteroatoms. The molecule has 4 N–H and O–H groups in total. The normalized spacial score (nSPS) is 14.9. The molecule has 1 unspecified atom stereocenters. The zero-order valence-corrected chi connectivity index (χ0v) is 22.0. The van der Waals surface area contributed by atoms with Gasteiger partial charge in [-0.15, -0.1) is 0 Å². The van der Waals surface area contributed by atoms with E-state index in [1.165, 1.54) is 12.1 Å². The van der Waals surface area contributed by atoms with Crippen LogP contribution in [0.15, 0.2) is 29.3 Å². The Bertz CT molecular complexity index is 731. The number of rotatable bonds is 16. The van der Waals surface area contributed by atoms with E-state index in [2.05, 4.69) is 68.8 Å². The lowest BCUT2D eigenvalue weighted by Gasteiger charge is -2.31. The highest BCUT2D eigenvalue weighted by Gasteiger charge is 2.53. The first-order chi connectivity index (χ1) is 15.7. The minimum absolute atomic E-state index is 0.119. The average molecular weight is 486 g/mol. The van der Waals surface area contributed by atoms with Gasteiger partial charge in [0.25, 0.3) is 0 Å². The van der Waals surface area contributed by atoms with Crippen LogP contribution in [0.25, 0.3) is 0 Å². The van der Waals surface area contributed by atoms with Gasteiger partial charge in [0.2, 0.25) is 5.66 Å². The topological polar surface area (TPSA) is 65.7 Å². The van der Waals surface area contributed by atoms with Crippen molar-refractivity contribution in [3.63, 3.8) is 0 Å². The SMILES string of the molecule is C=NC(N)(c1ccc(CNCCN(CCNC(C)(C)CC)CCC(C)(C)CC)cc1)C(F)(F)F. The smallest absolute Gasteiger partial charge is 0.311 e. The predicted molar refractivity (Wildman–Crippen MR) is 137 cm³/mol. The Morgan fingerprint density at radius 3 is 2.03 bits per heavy atom. The molecule has 0 bridgehead atoms. The van der Waals surface area contributed by atoms with Gasteiger partial charge in [-0.3, -0.25) is 10.7 Å². The Labute approximate surface area is 204 Å². The van der Waals surface area contributed by atoms with E-state index in [-0.39, 0.29) is 11.1 Å². The summed E-state index contributed by atoms with van der Waals surface area (Å²) < 4.78 is 39.8. The zero-order valence-electron chi connectivity index (χ0n) is 22.0. The van der Waals surface area contributed by atoms with E-state index in [1.807, 2.05) is 0 Å². The number of nitrogens with one attached hydrogen (secondary N) is 2. The number of hydrogen-bond donors (Lipinski definition) is 3. The van der Waals surface area contributed by atoms with Crippen molar-refractivity contribution in [2.24, 2.45) is 16.1 Å². The summed E-state index contributed by atoms with van der Waals surface area (Å²) in [5.41, 5.74) is 3.90. The van der Waals surface area contributed by atoms with Gasteiger partial charge in [0.15, 0.2) is 0 Å². The Morgan fingerprint density at radius 1 is 0.941 bits per heavy atom. The first-order valence-electron chi connectivity index (χ1n) is 12.3. The molecule has 0 aliphatic carbocycles. The molecular formula is C26H46F3N5. The predicted octanol–water partition coefficient (Wildman–Crippen LogP) is 5.06. The molecule has 1 aromatic rings. The van der Waals surface area contributed by atoms with E-state index < -0.39 is 11.8 Å². The molecule has 0 amide bonds. The number of nitrogens with zero attached hydrogens (tertiary/aromatic N) is 2. The Kier molecular flexibility index (Phi) is 11.7. The number of benzene rings is 1. The maximum absolute atomic E-state index is 13.3. The third-order valence-corrected chi connectivity index (χ3v) is 6.99. The number of halogens is 3. The molecule has 196 valence electrons. The van der Waals surface area contributed by atoms with Crippen LogP contribution >= 0.6 is 0 Å². The molecule has 5 nitrogen and oxygen atoms in total. The van der Waals surface area contributed by atoms with Crippen LogP contribution in [0.3, 0.4) is 0 Å². The van der Waals surface area contributed by atoms with Gasteiger partial charge in [0.05, 0.1) is 0 Å². The molecule has 0 heterocycles. The lowest BCUT2D eigenvalue weighted by Crippen LogP contribution is -2.48. The number of hydrogen-bond acceptors (Lipinski definition) is 5. The molecule has 0 fully saturated rings. The first-order valence-corrected chi connectivity index (χ1v) is 12.3. The van der Waals surface area contributed by atoms with Crippen molar-refractivity contribution in [1.82, 2.24) is 15.5 Å². The third kappa shape index (κ3) is 9.64.